The summed E-state index contributed by atoms with van der Waals surface area (Å²) in [5, 5.41) is 16.8. The zero-order valence-corrected chi connectivity index (χ0v) is 14.1. The lowest BCUT2D eigenvalue weighted by atomic mass is 9.96. The lowest BCUT2D eigenvalue weighted by Crippen LogP contribution is -2.43. The fourth-order valence-electron chi connectivity index (χ4n) is 2.37. The van der Waals surface area contributed by atoms with Crippen molar-refractivity contribution in [2.24, 2.45) is 0 Å². The second-order valence-electron chi connectivity index (χ2n) is 5.75. The lowest BCUT2D eigenvalue weighted by molar-refractivity contribution is 0.0594. The summed E-state index contributed by atoms with van der Waals surface area (Å²) in [5.74, 6) is 0. The molecule has 0 fully saturated rings. The van der Waals surface area contributed by atoms with E-state index in [2.05, 4.69) is 15.6 Å². The van der Waals surface area contributed by atoms with Crippen LogP contribution in [0.4, 0.5) is 4.79 Å². The molecule has 0 aliphatic heterocycles. The Morgan fingerprint density at radius 1 is 1.12 bits per heavy atom. The Morgan fingerprint density at radius 2 is 1.83 bits per heavy atom. The summed E-state index contributed by atoms with van der Waals surface area (Å²) in [6.07, 6.45) is 0. The molecule has 0 aliphatic rings. The molecule has 0 spiro atoms. The molecule has 6 heteroatoms. The van der Waals surface area contributed by atoms with Gasteiger partial charge in [0.2, 0.25) is 0 Å². The number of hydrogen-bond acceptors (Lipinski definition) is 4. The molecule has 2 amide bonds. The van der Waals surface area contributed by atoms with Gasteiger partial charge in [0.05, 0.1) is 23.3 Å². The van der Waals surface area contributed by atoms with Gasteiger partial charge in [-0.3, -0.25) is 0 Å². The molecule has 0 aliphatic carbocycles. The predicted octanol–water partition coefficient (Wildman–Crippen LogP) is 3.00. The lowest BCUT2D eigenvalue weighted by Gasteiger charge is -2.24. The molecule has 1 aromatic heterocycles. The number of aliphatic hydroxyl groups is 1. The first-order chi connectivity index (χ1) is 11.5. The Hall–Kier alpha value is -2.44. The Kier molecular flexibility index (Phi) is 4.78. The molecule has 3 rings (SSSR count). The van der Waals surface area contributed by atoms with E-state index >= 15 is 0 Å². The number of carbonyl (C=O) groups is 1. The number of thiazole rings is 1. The number of amides is 2. The fourth-order valence-corrected chi connectivity index (χ4v) is 3.27. The Balaban J connectivity index is 1.52. The van der Waals surface area contributed by atoms with Gasteiger partial charge in [0.25, 0.3) is 0 Å². The monoisotopic (exact) mass is 341 g/mol. The molecule has 2 aromatic carbocycles. The van der Waals surface area contributed by atoms with Crippen LogP contribution < -0.4 is 10.6 Å². The Morgan fingerprint density at radius 3 is 2.58 bits per heavy atom. The third kappa shape index (κ3) is 3.90. The van der Waals surface area contributed by atoms with Crippen LogP contribution in [-0.4, -0.2) is 22.7 Å². The first-order valence-corrected chi connectivity index (χ1v) is 8.50. The Labute approximate surface area is 144 Å². The minimum atomic E-state index is -1.12. The molecule has 0 saturated heterocycles. The number of rotatable bonds is 5. The number of para-hydroxylation sites is 1. The highest BCUT2D eigenvalue weighted by Crippen LogP contribution is 2.21. The van der Waals surface area contributed by atoms with Crippen molar-refractivity contribution in [3.8, 4) is 0 Å². The number of aromatic nitrogens is 1. The minimum absolute atomic E-state index is 0.128. The van der Waals surface area contributed by atoms with Crippen LogP contribution in [0, 0.1) is 0 Å². The summed E-state index contributed by atoms with van der Waals surface area (Å²) in [6.45, 7) is 2.16. The number of fused-ring (bicyclic) bond motifs is 1. The highest BCUT2D eigenvalue weighted by Gasteiger charge is 2.23. The first kappa shape index (κ1) is 16.4. The largest absolute Gasteiger partial charge is 0.384 e. The van der Waals surface area contributed by atoms with E-state index in [-0.39, 0.29) is 12.6 Å². The number of urea groups is 1. The van der Waals surface area contributed by atoms with Gasteiger partial charge in [-0.1, -0.05) is 42.5 Å². The number of nitrogens with one attached hydrogen (secondary N) is 2. The van der Waals surface area contributed by atoms with Crippen LogP contribution >= 0.6 is 11.3 Å². The topological polar surface area (TPSA) is 74.2 Å². The highest BCUT2D eigenvalue weighted by atomic mass is 32.1. The van der Waals surface area contributed by atoms with Crippen molar-refractivity contribution < 1.29 is 9.90 Å². The van der Waals surface area contributed by atoms with Crippen LogP contribution in [0.15, 0.2) is 54.6 Å². The predicted molar refractivity (Wildman–Crippen MR) is 95.9 cm³/mol. The van der Waals surface area contributed by atoms with Gasteiger partial charge in [0, 0.05) is 0 Å². The molecule has 0 saturated carbocycles. The van der Waals surface area contributed by atoms with E-state index in [1.54, 1.807) is 18.3 Å². The molecule has 1 atom stereocenters. The normalized spacial score (nSPS) is 13.4. The van der Waals surface area contributed by atoms with E-state index in [9.17, 15) is 9.90 Å². The van der Waals surface area contributed by atoms with Crippen molar-refractivity contribution >= 4 is 27.6 Å². The molecular formula is C18H19N3O2S. The van der Waals surface area contributed by atoms with Crippen LogP contribution in [0.1, 0.15) is 17.5 Å². The molecule has 0 bridgehead atoms. The number of carbonyl (C=O) groups excluding carboxylic acids is 1. The summed E-state index contributed by atoms with van der Waals surface area (Å²) in [6, 6.07) is 16.8. The second kappa shape index (κ2) is 6.98. The first-order valence-electron chi connectivity index (χ1n) is 7.69. The maximum absolute atomic E-state index is 12.0. The van der Waals surface area contributed by atoms with Crippen molar-refractivity contribution in [1.29, 1.82) is 0 Å². The van der Waals surface area contributed by atoms with Crippen molar-refractivity contribution in [3.05, 3.63) is 65.2 Å². The SMILES string of the molecule is CC(O)(CNC(=O)NCc1nc2ccccc2s1)c1ccccc1. The molecule has 124 valence electrons. The number of benzene rings is 2. The summed E-state index contributed by atoms with van der Waals surface area (Å²) < 4.78 is 1.10. The van der Waals surface area contributed by atoms with Crippen molar-refractivity contribution in [2.45, 2.75) is 19.1 Å². The molecule has 5 nitrogen and oxygen atoms in total. The van der Waals surface area contributed by atoms with Crippen LogP contribution in [-0.2, 0) is 12.1 Å². The summed E-state index contributed by atoms with van der Waals surface area (Å²) in [5.41, 5.74) is 0.581. The van der Waals surface area contributed by atoms with E-state index in [1.807, 2.05) is 54.6 Å². The standard InChI is InChI=1S/C18H19N3O2S/c1-18(23,13-7-3-2-4-8-13)12-20-17(22)19-11-16-21-14-9-5-6-10-15(14)24-16/h2-10,23H,11-12H2,1H3,(H2,19,20,22). The fraction of sp³-hybridized carbons (Fsp3) is 0.222. The molecule has 24 heavy (non-hydrogen) atoms. The average Bonchev–Trinajstić information content (AvgIpc) is 3.02. The van der Waals surface area contributed by atoms with Gasteiger partial charge in [-0.25, -0.2) is 9.78 Å². The quantitative estimate of drug-likeness (QED) is 0.668. The second-order valence-corrected chi connectivity index (χ2v) is 6.87. The van der Waals surface area contributed by atoms with E-state index in [1.165, 1.54) is 0 Å². The number of hydrogen-bond donors (Lipinski definition) is 3. The Bertz CT molecular complexity index is 797. The van der Waals surface area contributed by atoms with Crippen LogP contribution in [0.2, 0.25) is 0 Å². The third-order valence-electron chi connectivity index (χ3n) is 3.73. The van der Waals surface area contributed by atoms with Crippen LogP contribution in [0.3, 0.4) is 0 Å². The van der Waals surface area contributed by atoms with Gasteiger partial charge in [-0.05, 0) is 24.6 Å². The van der Waals surface area contributed by atoms with E-state index in [0.29, 0.717) is 6.54 Å². The maximum Gasteiger partial charge on any atom is 0.315 e. The van der Waals surface area contributed by atoms with E-state index in [0.717, 1.165) is 20.8 Å². The van der Waals surface area contributed by atoms with Gasteiger partial charge in [0.1, 0.15) is 10.6 Å². The van der Waals surface area contributed by atoms with Crippen molar-refractivity contribution in [2.75, 3.05) is 6.54 Å². The van der Waals surface area contributed by atoms with Crippen LogP contribution in [0.5, 0.6) is 0 Å². The molecule has 1 unspecified atom stereocenters. The highest BCUT2D eigenvalue weighted by molar-refractivity contribution is 7.18. The molecular weight excluding hydrogens is 322 g/mol. The van der Waals surface area contributed by atoms with Crippen molar-refractivity contribution in [3.63, 3.8) is 0 Å². The molecule has 0 radical (unpaired) electrons. The van der Waals surface area contributed by atoms with Gasteiger partial charge in [-0.2, -0.15) is 0 Å². The third-order valence-corrected chi connectivity index (χ3v) is 4.76. The van der Waals surface area contributed by atoms with Crippen LogP contribution in [0.25, 0.3) is 10.2 Å². The minimum Gasteiger partial charge on any atom is -0.384 e. The van der Waals surface area contributed by atoms with Gasteiger partial charge < -0.3 is 15.7 Å². The van der Waals surface area contributed by atoms with Gasteiger partial charge in [0.15, 0.2) is 0 Å². The average molecular weight is 341 g/mol. The smallest absolute Gasteiger partial charge is 0.315 e. The zero-order chi connectivity index (χ0) is 17.0. The maximum atomic E-state index is 12.0. The number of nitrogens with zero attached hydrogens (tertiary/aromatic N) is 1. The summed E-state index contributed by atoms with van der Waals surface area (Å²) >= 11 is 1.56. The van der Waals surface area contributed by atoms with Crippen molar-refractivity contribution in [1.82, 2.24) is 15.6 Å². The van der Waals surface area contributed by atoms with E-state index < -0.39 is 5.60 Å². The molecule has 3 aromatic rings. The summed E-state index contributed by atoms with van der Waals surface area (Å²) in [4.78, 5) is 16.4. The van der Waals surface area contributed by atoms with Gasteiger partial charge in [-0.15, -0.1) is 11.3 Å². The van der Waals surface area contributed by atoms with Gasteiger partial charge >= 0.3 is 6.03 Å². The zero-order valence-electron chi connectivity index (χ0n) is 13.3. The summed E-state index contributed by atoms with van der Waals surface area (Å²) in [7, 11) is 0. The molecule has 1 heterocycles. The molecule has 3 N–H and O–H groups in total. The van der Waals surface area contributed by atoms with E-state index in [4.69, 9.17) is 0 Å².